The van der Waals surface area contributed by atoms with Crippen molar-refractivity contribution < 1.29 is 149 Å². The molecule has 6 rings (SSSR count). The van der Waals surface area contributed by atoms with Crippen molar-refractivity contribution in [1.29, 1.82) is 0 Å². The van der Waals surface area contributed by atoms with Crippen molar-refractivity contribution in [1.82, 2.24) is 10.6 Å². The molecule has 19 N–H and O–H groups in total. The third kappa shape index (κ3) is 12.8. The zero-order chi connectivity index (χ0) is 53.2. The van der Waals surface area contributed by atoms with Gasteiger partial charge in [0.2, 0.25) is 11.8 Å². The van der Waals surface area contributed by atoms with Crippen molar-refractivity contribution in [2.45, 2.75) is 205 Å². The second-order valence-electron chi connectivity index (χ2n) is 18.3. The Morgan fingerprint density at radius 3 is 1.35 bits per heavy atom. The van der Waals surface area contributed by atoms with Gasteiger partial charge in [-0.15, -0.1) is 0 Å². The molecule has 0 aliphatic carbocycles. The van der Waals surface area contributed by atoms with E-state index in [1.165, 1.54) is 6.92 Å². The smallest absolute Gasteiger partial charge is 0.217 e. The molecule has 0 bridgehead atoms. The summed E-state index contributed by atoms with van der Waals surface area (Å²) in [4.78, 5) is 24.8. The fraction of sp³-hybridized carbons (Fsp3) is 0.950. The summed E-state index contributed by atoms with van der Waals surface area (Å²) >= 11 is 0. The zero-order valence-electron chi connectivity index (χ0n) is 38.8. The lowest BCUT2D eigenvalue weighted by molar-refractivity contribution is -0.384. The van der Waals surface area contributed by atoms with E-state index in [9.17, 15) is 96.4 Å². The SMILES string of the molecule is CC(=O)N[C@@H]1[C@@H](O)[C@H](O[C@@H]2O[C@H](CO)[C@@H](O[C@@H]3O[C@H](CO[C@@H]4O[C@H](CO)[C@@H](O)[C@H](O)[C@@H]4O)[C@@H](O)[C@H](O[C@H]4O[C@H](CO)[C@@H](O)[C@H](O)[C@@H]4O)[C@@H]3O)[C@H](O)[C@H]2NC(C)=O)[C@@H](CO[C@@H]2O[C@@H](C)[C@@H](O)[C@@H](O)[C@@H]2O)O[C@H]1O. The first-order valence-corrected chi connectivity index (χ1v) is 23.0. The minimum atomic E-state index is -2.23. The van der Waals surface area contributed by atoms with Crippen LogP contribution in [0.2, 0.25) is 0 Å². The monoisotopic (exact) mass is 1060 g/mol. The number of amides is 2. The van der Waals surface area contributed by atoms with Gasteiger partial charge in [-0.05, 0) is 6.92 Å². The second-order valence-corrected chi connectivity index (χ2v) is 18.3. The molecule has 6 aliphatic rings. The van der Waals surface area contributed by atoms with E-state index in [1.54, 1.807) is 0 Å². The van der Waals surface area contributed by atoms with Gasteiger partial charge in [0.15, 0.2) is 37.7 Å². The molecule has 30 atom stereocenters. The van der Waals surface area contributed by atoms with Gasteiger partial charge in [-0.2, -0.15) is 0 Å². The molecular formula is C40H68N2O30. The third-order valence-electron chi connectivity index (χ3n) is 13.2. The van der Waals surface area contributed by atoms with Crippen LogP contribution in [0.5, 0.6) is 0 Å². The van der Waals surface area contributed by atoms with Crippen LogP contribution >= 0.6 is 0 Å². The molecular weight excluding hydrogens is 988 g/mol. The van der Waals surface area contributed by atoms with Crippen LogP contribution in [0.25, 0.3) is 0 Å². The molecule has 418 valence electrons. The average molecular weight is 1060 g/mol. The van der Waals surface area contributed by atoms with Crippen molar-refractivity contribution in [2.24, 2.45) is 0 Å². The van der Waals surface area contributed by atoms with Crippen LogP contribution < -0.4 is 10.6 Å². The molecule has 0 spiro atoms. The lowest BCUT2D eigenvalue weighted by atomic mass is 9.94. The van der Waals surface area contributed by atoms with E-state index in [0.29, 0.717) is 0 Å². The highest BCUT2D eigenvalue weighted by Crippen LogP contribution is 2.36. The van der Waals surface area contributed by atoms with Gasteiger partial charge in [0, 0.05) is 13.8 Å². The Labute approximate surface area is 408 Å². The van der Waals surface area contributed by atoms with Crippen LogP contribution in [0.1, 0.15) is 20.8 Å². The van der Waals surface area contributed by atoms with Gasteiger partial charge < -0.3 is 150 Å². The summed E-state index contributed by atoms with van der Waals surface area (Å²) in [6.45, 7) is -1.00. The molecule has 32 heteroatoms. The number of aliphatic hydroxyl groups excluding tert-OH is 17. The van der Waals surface area contributed by atoms with Gasteiger partial charge in [0.25, 0.3) is 0 Å². The van der Waals surface area contributed by atoms with E-state index in [-0.39, 0.29) is 0 Å². The minimum absolute atomic E-state index is 0.728. The maximum Gasteiger partial charge on any atom is 0.217 e. The number of nitrogens with one attached hydrogen (secondary N) is 2. The van der Waals surface area contributed by atoms with Crippen LogP contribution in [0, 0.1) is 0 Å². The van der Waals surface area contributed by atoms with Gasteiger partial charge in [-0.25, -0.2) is 0 Å². The Balaban J connectivity index is 1.26. The van der Waals surface area contributed by atoms with Gasteiger partial charge in [-0.3, -0.25) is 9.59 Å². The number of ether oxygens (including phenoxy) is 11. The first kappa shape index (κ1) is 59.1. The standard InChI is InChI=1S/C40H68N2O30/c1-9-19(48)25(54)28(57)37(64-9)63-8-16-33(23(52)17(35(61)65-16)41-10(2)46)70-36-18(42-11(3)47)24(53)32(14(6-45)68-36)71-40-31(60)34(72-39-30(59)27(56)21(50)13(5-44)67-39)22(51)15(69-40)7-62-38-29(58)26(55)20(49)12(4-43)66-38/h9,12-40,43-45,48-61H,4-8H2,1-3H3,(H,41,46)(H,42,47)/t9-,12+,13+,14+,15+,16+,17+,18+,19+,20+,21+,22+,23+,24+,25+,26-,27-,28-,29-,30-,31-,32+,33+,34-,35+,36-,37+,38+,39+,40-/m0/s1. The Morgan fingerprint density at radius 2 is 0.792 bits per heavy atom. The largest absolute Gasteiger partial charge is 0.394 e. The van der Waals surface area contributed by atoms with Crippen molar-refractivity contribution in [3.05, 3.63) is 0 Å². The summed E-state index contributed by atoms with van der Waals surface area (Å²) < 4.78 is 62.8. The highest BCUT2D eigenvalue weighted by atomic mass is 16.8. The number of carbonyl (C=O) groups excluding carboxylic acids is 2. The van der Waals surface area contributed by atoms with E-state index in [0.717, 1.165) is 13.8 Å². The number of aliphatic hydroxyl groups is 17. The maximum absolute atomic E-state index is 12.7. The van der Waals surface area contributed by atoms with Crippen molar-refractivity contribution >= 4 is 11.8 Å². The lowest BCUT2D eigenvalue weighted by Gasteiger charge is -2.50. The maximum atomic E-state index is 12.7. The Hall–Kier alpha value is -2.18. The van der Waals surface area contributed by atoms with Crippen molar-refractivity contribution in [3.8, 4) is 0 Å². The summed E-state index contributed by atoms with van der Waals surface area (Å²) in [6, 6.07) is -3.40. The first-order chi connectivity index (χ1) is 33.9. The number of carbonyl (C=O) groups is 2. The highest BCUT2D eigenvalue weighted by Gasteiger charge is 2.57. The number of rotatable bonds is 17. The molecule has 0 saturated carbocycles. The van der Waals surface area contributed by atoms with Crippen LogP contribution in [-0.4, -0.2) is 316 Å². The minimum Gasteiger partial charge on any atom is -0.394 e. The molecule has 0 aromatic carbocycles. The van der Waals surface area contributed by atoms with Crippen LogP contribution in [-0.2, 0) is 61.7 Å². The molecule has 6 heterocycles. The Bertz CT molecular complexity index is 1730. The van der Waals surface area contributed by atoms with E-state index in [1.807, 2.05) is 0 Å². The molecule has 0 aromatic rings. The van der Waals surface area contributed by atoms with Crippen molar-refractivity contribution in [3.63, 3.8) is 0 Å². The topological polar surface area (TPSA) is 504 Å². The van der Waals surface area contributed by atoms with Gasteiger partial charge in [0.1, 0.15) is 140 Å². The Kier molecular flexibility index (Phi) is 20.8. The van der Waals surface area contributed by atoms with Gasteiger partial charge in [-0.1, -0.05) is 0 Å². The molecule has 32 nitrogen and oxygen atoms in total. The van der Waals surface area contributed by atoms with E-state index < -0.39 is 229 Å². The molecule has 6 aliphatic heterocycles. The predicted octanol–water partition coefficient (Wildman–Crippen LogP) is -12.8. The summed E-state index contributed by atoms with van der Waals surface area (Å²) in [7, 11) is 0. The van der Waals surface area contributed by atoms with Crippen LogP contribution in [0.4, 0.5) is 0 Å². The number of hydrogen-bond acceptors (Lipinski definition) is 30. The number of hydrogen-bond donors (Lipinski definition) is 19. The van der Waals surface area contributed by atoms with Crippen LogP contribution in [0.15, 0.2) is 0 Å². The molecule has 0 unspecified atom stereocenters. The molecule has 6 saturated heterocycles. The highest BCUT2D eigenvalue weighted by molar-refractivity contribution is 5.73. The lowest BCUT2D eigenvalue weighted by Crippen LogP contribution is -2.70. The molecule has 2 amide bonds. The second kappa shape index (κ2) is 25.3. The van der Waals surface area contributed by atoms with Gasteiger partial charge >= 0.3 is 0 Å². The summed E-state index contributed by atoms with van der Waals surface area (Å²) in [5, 5.41) is 186. The fourth-order valence-electron chi connectivity index (χ4n) is 9.06. The zero-order valence-corrected chi connectivity index (χ0v) is 38.8. The first-order valence-electron chi connectivity index (χ1n) is 23.0. The third-order valence-corrected chi connectivity index (χ3v) is 13.2. The van der Waals surface area contributed by atoms with Crippen LogP contribution in [0.3, 0.4) is 0 Å². The Morgan fingerprint density at radius 1 is 0.389 bits per heavy atom. The molecule has 0 radical (unpaired) electrons. The predicted molar refractivity (Wildman–Crippen MR) is 221 cm³/mol. The summed E-state index contributed by atoms with van der Waals surface area (Å²) in [6.07, 6.45) is -51.4. The fourth-order valence-corrected chi connectivity index (χ4v) is 9.06. The normalized spacial score (nSPS) is 50.3. The van der Waals surface area contributed by atoms with E-state index in [2.05, 4.69) is 10.6 Å². The average Bonchev–Trinajstić information content (AvgIpc) is 3.34. The van der Waals surface area contributed by atoms with E-state index >= 15 is 0 Å². The molecule has 6 fully saturated rings. The molecule has 72 heavy (non-hydrogen) atoms. The van der Waals surface area contributed by atoms with E-state index in [4.69, 9.17) is 52.1 Å². The quantitative estimate of drug-likeness (QED) is 0.0643. The van der Waals surface area contributed by atoms with Crippen molar-refractivity contribution in [2.75, 3.05) is 33.0 Å². The van der Waals surface area contributed by atoms with Gasteiger partial charge in [0.05, 0.1) is 39.1 Å². The summed E-state index contributed by atoms with van der Waals surface area (Å²) in [5.41, 5.74) is 0. The molecule has 0 aromatic heterocycles. The summed E-state index contributed by atoms with van der Waals surface area (Å²) in [5.74, 6) is -1.60.